The minimum absolute atomic E-state index is 0.0727. The van der Waals surface area contributed by atoms with Gasteiger partial charge in [0.1, 0.15) is 5.54 Å². The Morgan fingerprint density at radius 1 is 1.16 bits per heavy atom. The van der Waals surface area contributed by atoms with Crippen molar-refractivity contribution in [3.63, 3.8) is 0 Å². The molecular formula is C18H22N4O2S. The molecule has 2 saturated heterocycles. The van der Waals surface area contributed by atoms with E-state index in [4.69, 9.17) is 0 Å². The Morgan fingerprint density at radius 2 is 1.92 bits per heavy atom. The Hall–Kier alpha value is -2.15. The van der Waals surface area contributed by atoms with E-state index in [0.717, 1.165) is 30.0 Å². The second-order valence-electron chi connectivity index (χ2n) is 6.91. The molecule has 25 heavy (non-hydrogen) atoms. The highest BCUT2D eigenvalue weighted by Gasteiger charge is 2.47. The lowest BCUT2D eigenvalue weighted by atomic mass is 9.85. The van der Waals surface area contributed by atoms with Gasteiger partial charge in [-0.15, -0.1) is 11.3 Å². The Bertz CT molecular complexity index is 771. The van der Waals surface area contributed by atoms with Crippen LogP contribution in [0.5, 0.6) is 0 Å². The highest BCUT2D eigenvalue weighted by atomic mass is 32.1. The van der Waals surface area contributed by atoms with Crippen molar-refractivity contribution in [2.45, 2.75) is 31.7 Å². The van der Waals surface area contributed by atoms with Crippen LogP contribution in [0.15, 0.2) is 29.9 Å². The zero-order valence-electron chi connectivity index (χ0n) is 14.4. The maximum Gasteiger partial charge on any atom is 0.263 e. The van der Waals surface area contributed by atoms with Gasteiger partial charge in [0, 0.05) is 38.6 Å². The fraction of sp³-hybridized carbons (Fsp3) is 0.500. The molecule has 4 rings (SSSR count). The topological polar surface area (TPSA) is 58.4 Å². The number of nitrogens with zero attached hydrogens (tertiary/aromatic N) is 4. The van der Waals surface area contributed by atoms with Crippen molar-refractivity contribution in [1.82, 2.24) is 19.6 Å². The Balaban J connectivity index is 1.54. The molecular weight excluding hydrogens is 336 g/mol. The number of hydrogen-bond donors (Lipinski definition) is 0. The first-order chi connectivity index (χ1) is 12.1. The first-order valence-corrected chi connectivity index (χ1v) is 9.62. The van der Waals surface area contributed by atoms with Crippen molar-refractivity contribution in [2.75, 3.05) is 26.2 Å². The Kier molecular flexibility index (Phi) is 4.11. The van der Waals surface area contributed by atoms with E-state index in [9.17, 15) is 9.59 Å². The molecule has 0 N–H and O–H groups in total. The molecule has 0 spiro atoms. The van der Waals surface area contributed by atoms with E-state index < -0.39 is 5.54 Å². The maximum atomic E-state index is 13.1. The van der Waals surface area contributed by atoms with Crippen molar-refractivity contribution in [3.05, 3.63) is 40.3 Å². The molecule has 0 atom stereocenters. The van der Waals surface area contributed by atoms with E-state index in [0.29, 0.717) is 25.9 Å². The SMILES string of the molecule is Cc1csc(C(=O)N2CCC(C(=O)N3CCC3)(n3cccn3)CC2)c1. The normalized spacial score (nSPS) is 19.6. The summed E-state index contributed by atoms with van der Waals surface area (Å²) >= 11 is 1.49. The molecule has 132 valence electrons. The van der Waals surface area contributed by atoms with Crippen LogP contribution in [-0.2, 0) is 10.3 Å². The Labute approximate surface area is 151 Å². The van der Waals surface area contributed by atoms with Crippen LogP contribution in [0.25, 0.3) is 0 Å². The van der Waals surface area contributed by atoms with Crippen molar-refractivity contribution < 1.29 is 9.59 Å². The van der Waals surface area contributed by atoms with E-state index in [2.05, 4.69) is 5.10 Å². The number of carbonyl (C=O) groups excluding carboxylic acids is 2. The second kappa shape index (κ2) is 6.29. The van der Waals surface area contributed by atoms with Crippen LogP contribution in [0.1, 0.15) is 34.5 Å². The summed E-state index contributed by atoms with van der Waals surface area (Å²) in [5.74, 6) is 0.227. The summed E-state index contributed by atoms with van der Waals surface area (Å²) in [5.41, 5.74) is 0.468. The van der Waals surface area contributed by atoms with Gasteiger partial charge in [-0.2, -0.15) is 5.10 Å². The van der Waals surface area contributed by atoms with E-state index in [1.165, 1.54) is 11.3 Å². The van der Waals surface area contributed by atoms with Crippen LogP contribution in [0.3, 0.4) is 0 Å². The Morgan fingerprint density at radius 3 is 2.44 bits per heavy atom. The molecule has 0 aromatic carbocycles. The predicted molar refractivity (Wildman–Crippen MR) is 95.6 cm³/mol. The predicted octanol–water partition coefficient (Wildman–Crippen LogP) is 2.12. The molecule has 2 aliphatic rings. The third-order valence-corrected chi connectivity index (χ3v) is 6.34. The quantitative estimate of drug-likeness (QED) is 0.844. The number of rotatable bonds is 3. The van der Waals surface area contributed by atoms with Gasteiger partial charge in [0.15, 0.2) is 0 Å². The molecule has 4 heterocycles. The van der Waals surface area contributed by atoms with E-state index in [-0.39, 0.29) is 11.8 Å². The number of hydrogen-bond acceptors (Lipinski definition) is 4. The van der Waals surface area contributed by atoms with Crippen molar-refractivity contribution >= 4 is 23.2 Å². The summed E-state index contributed by atoms with van der Waals surface area (Å²) in [7, 11) is 0. The second-order valence-corrected chi connectivity index (χ2v) is 7.82. The molecule has 2 fully saturated rings. The first-order valence-electron chi connectivity index (χ1n) is 8.74. The lowest BCUT2D eigenvalue weighted by Crippen LogP contribution is -2.59. The first kappa shape index (κ1) is 16.3. The van der Waals surface area contributed by atoms with Gasteiger partial charge in [0.25, 0.3) is 11.8 Å². The van der Waals surface area contributed by atoms with E-state index in [1.54, 1.807) is 6.20 Å². The molecule has 0 aliphatic carbocycles. The van der Waals surface area contributed by atoms with Gasteiger partial charge in [-0.1, -0.05) is 0 Å². The summed E-state index contributed by atoms with van der Waals surface area (Å²) in [6.07, 6.45) is 5.89. The van der Waals surface area contributed by atoms with Crippen LogP contribution in [0, 0.1) is 6.92 Å². The summed E-state index contributed by atoms with van der Waals surface area (Å²) in [6.45, 7) is 4.82. The lowest BCUT2D eigenvalue weighted by molar-refractivity contribution is -0.147. The molecule has 2 amide bonds. The number of piperidine rings is 1. The van der Waals surface area contributed by atoms with Gasteiger partial charge >= 0.3 is 0 Å². The van der Waals surface area contributed by atoms with Crippen LogP contribution in [-0.4, -0.2) is 57.6 Å². The zero-order chi connectivity index (χ0) is 17.4. The van der Waals surface area contributed by atoms with Crippen LogP contribution >= 0.6 is 11.3 Å². The van der Waals surface area contributed by atoms with Gasteiger partial charge in [0.2, 0.25) is 0 Å². The molecule has 0 radical (unpaired) electrons. The molecule has 2 aromatic heterocycles. The number of carbonyl (C=O) groups is 2. The van der Waals surface area contributed by atoms with Gasteiger partial charge < -0.3 is 9.80 Å². The monoisotopic (exact) mass is 358 g/mol. The molecule has 2 aliphatic heterocycles. The van der Waals surface area contributed by atoms with Crippen molar-refractivity contribution in [1.29, 1.82) is 0 Å². The summed E-state index contributed by atoms with van der Waals surface area (Å²) in [6, 6.07) is 3.80. The average Bonchev–Trinajstić information content (AvgIpc) is 3.24. The third kappa shape index (κ3) is 2.76. The van der Waals surface area contributed by atoms with Gasteiger partial charge in [-0.25, -0.2) is 0 Å². The minimum Gasteiger partial charge on any atom is -0.340 e. The van der Waals surface area contributed by atoms with Gasteiger partial charge in [0.05, 0.1) is 4.88 Å². The maximum absolute atomic E-state index is 13.1. The highest BCUT2D eigenvalue weighted by Crippen LogP contribution is 2.34. The average molecular weight is 358 g/mol. The zero-order valence-corrected chi connectivity index (χ0v) is 15.2. The molecule has 0 unspecified atom stereocenters. The van der Waals surface area contributed by atoms with Gasteiger partial charge in [-0.05, 0) is 49.3 Å². The smallest absolute Gasteiger partial charge is 0.263 e. The van der Waals surface area contributed by atoms with Crippen LogP contribution < -0.4 is 0 Å². The van der Waals surface area contributed by atoms with Crippen molar-refractivity contribution in [3.8, 4) is 0 Å². The molecule has 0 saturated carbocycles. The highest BCUT2D eigenvalue weighted by molar-refractivity contribution is 7.12. The minimum atomic E-state index is -0.647. The number of likely N-dealkylation sites (tertiary alicyclic amines) is 2. The van der Waals surface area contributed by atoms with E-state index in [1.807, 2.05) is 45.1 Å². The molecule has 7 heteroatoms. The number of aromatic nitrogens is 2. The van der Waals surface area contributed by atoms with Crippen molar-refractivity contribution in [2.24, 2.45) is 0 Å². The third-order valence-electron chi connectivity index (χ3n) is 5.30. The van der Waals surface area contributed by atoms with Crippen LogP contribution in [0.4, 0.5) is 0 Å². The summed E-state index contributed by atoms with van der Waals surface area (Å²) < 4.78 is 1.81. The van der Waals surface area contributed by atoms with Gasteiger partial charge in [-0.3, -0.25) is 14.3 Å². The lowest BCUT2D eigenvalue weighted by Gasteiger charge is -2.45. The summed E-state index contributed by atoms with van der Waals surface area (Å²) in [4.78, 5) is 30.4. The number of amides is 2. The largest absolute Gasteiger partial charge is 0.340 e. The molecule has 2 aromatic rings. The standard InChI is InChI=1S/C18H22N4O2S/c1-14-12-15(25-13-14)16(23)20-10-4-18(5-11-20,22-9-2-6-19-22)17(24)21-7-3-8-21/h2,6,9,12-13H,3-5,7-8,10-11H2,1H3. The van der Waals surface area contributed by atoms with Crippen LogP contribution in [0.2, 0.25) is 0 Å². The molecule has 0 bridgehead atoms. The molecule has 6 nitrogen and oxygen atoms in total. The number of thiophene rings is 1. The van der Waals surface area contributed by atoms with E-state index >= 15 is 0 Å². The fourth-order valence-electron chi connectivity index (χ4n) is 3.66. The fourth-order valence-corrected chi connectivity index (χ4v) is 4.52. The number of aryl methyl sites for hydroxylation is 1. The summed E-state index contributed by atoms with van der Waals surface area (Å²) in [5, 5.41) is 6.37.